The van der Waals surface area contributed by atoms with E-state index < -0.39 is 5.97 Å². The lowest BCUT2D eigenvalue weighted by Crippen LogP contribution is -2.38. The van der Waals surface area contributed by atoms with Gasteiger partial charge in [-0.3, -0.25) is 4.79 Å². The number of nitrogens with one attached hydrogen (secondary N) is 2. The van der Waals surface area contributed by atoms with Crippen LogP contribution >= 0.6 is 0 Å². The fraction of sp³-hybridized carbons (Fsp3) is 0.0667. The molecule has 1 unspecified atom stereocenters. The van der Waals surface area contributed by atoms with E-state index in [0.717, 1.165) is 11.3 Å². The molecule has 0 aliphatic carbocycles. The number of hydrogen-bond donors (Lipinski definition) is 3. The van der Waals surface area contributed by atoms with Gasteiger partial charge in [-0.2, -0.15) is 0 Å². The van der Waals surface area contributed by atoms with Crippen molar-refractivity contribution in [1.82, 2.24) is 5.32 Å². The van der Waals surface area contributed by atoms with E-state index in [1.54, 1.807) is 18.2 Å². The lowest BCUT2D eigenvalue weighted by Gasteiger charge is -2.28. The van der Waals surface area contributed by atoms with Crippen LogP contribution in [-0.4, -0.2) is 17.0 Å². The minimum absolute atomic E-state index is 0.147. The summed E-state index contributed by atoms with van der Waals surface area (Å²) in [5.41, 5.74) is 2.39. The summed E-state index contributed by atoms with van der Waals surface area (Å²) >= 11 is 0. The quantitative estimate of drug-likeness (QED) is 0.780. The molecular formula is C15H12N2O3. The second kappa shape index (κ2) is 4.70. The van der Waals surface area contributed by atoms with Gasteiger partial charge in [-0.25, -0.2) is 4.79 Å². The summed E-state index contributed by atoms with van der Waals surface area (Å²) in [6.07, 6.45) is -0.361. The monoisotopic (exact) mass is 268 g/mol. The molecular weight excluding hydrogens is 256 g/mol. The maximum atomic E-state index is 12.0. The van der Waals surface area contributed by atoms with Gasteiger partial charge >= 0.3 is 5.97 Å². The van der Waals surface area contributed by atoms with E-state index in [-0.39, 0.29) is 17.6 Å². The van der Waals surface area contributed by atoms with Crippen molar-refractivity contribution in [3.8, 4) is 0 Å². The lowest BCUT2D eigenvalue weighted by atomic mass is 10.0. The molecule has 2 aromatic rings. The minimum atomic E-state index is -0.970. The second-order valence-corrected chi connectivity index (χ2v) is 4.52. The Balaban J connectivity index is 1.90. The Hall–Kier alpha value is -2.82. The third-order valence-corrected chi connectivity index (χ3v) is 3.24. The van der Waals surface area contributed by atoms with Crippen LogP contribution in [-0.2, 0) is 0 Å². The molecule has 1 heterocycles. The van der Waals surface area contributed by atoms with Crippen molar-refractivity contribution >= 4 is 17.6 Å². The molecule has 1 atom stereocenters. The van der Waals surface area contributed by atoms with Gasteiger partial charge < -0.3 is 15.7 Å². The maximum Gasteiger partial charge on any atom is 0.335 e. The molecule has 1 amide bonds. The first-order valence-electron chi connectivity index (χ1n) is 6.15. The molecule has 5 heteroatoms. The fourth-order valence-corrected chi connectivity index (χ4v) is 2.19. The summed E-state index contributed by atoms with van der Waals surface area (Å²) in [6, 6.07) is 13.7. The molecule has 5 nitrogen and oxygen atoms in total. The molecule has 20 heavy (non-hydrogen) atoms. The number of anilines is 1. The first kappa shape index (κ1) is 12.2. The lowest BCUT2D eigenvalue weighted by molar-refractivity contribution is 0.0696. The first-order valence-corrected chi connectivity index (χ1v) is 6.15. The van der Waals surface area contributed by atoms with E-state index >= 15 is 0 Å². The average Bonchev–Trinajstić information content (AvgIpc) is 2.47. The summed E-state index contributed by atoms with van der Waals surface area (Å²) in [6.45, 7) is 0. The van der Waals surface area contributed by atoms with Crippen LogP contribution in [0.1, 0.15) is 32.4 Å². The Bertz CT molecular complexity index is 680. The molecule has 0 radical (unpaired) electrons. The highest BCUT2D eigenvalue weighted by Gasteiger charge is 2.23. The van der Waals surface area contributed by atoms with Gasteiger partial charge in [0.1, 0.15) is 6.17 Å². The molecule has 0 aromatic heterocycles. The maximum absolute atomic E-state index is 12.0. The van der Waals surface area contributed by atoms with Gasteiger partial charge in [0.05, 0.1) is 11.1 Å². The number of para-hydroxylation sites is 1. The topological polar surface area (TPSA) is 78.4 Å². The third kappa shape index (κ3) is 2.09. The van der Waals surface area contributed by atoms with Crippen LogP contribution in [0.3, 0.4) is 0 Å². The van der Waals surface area contributed by atoms with Crippen molar-refractivity contribution < 1.29 is 14.7 Å². The second-order valence-electron chi connectivity index (χ2n) is 4.52. The summed E-state index contributed by atoms with van der Waals surface area (Å²) in [5.74, 6) is -1.12. The Morgan fingerprint density at radius 2 is 1.70 bits per heavy atom. The van der Waals surface area contributed by atoms with E-state index in [1.165, 1.54) is 12.1 Å². The van der Waals surface area contributed by atoms with Crippen molar-refractivity contribution in [3.63, 3.8) is 0 Å². The molecule has 0 spiro atoms. The Labute approximate surface area is 115 Å². The number of hydrogen-bond acceptors (Lipinski definition) is 3. The number of amides is 1. The minimum Gasteiger partial charge on any atom is -0.478 e. The number of carbonyl (C=O) groups is 2. The molecule has 3 rings (SSSR count). The van der Waals surface area contributed by atoms with Gasteiger partial charge in [0.2, 0.25) is 0 Å². The van der Waals surface area contributed by atoms with Gasteiger partial charge in [-0.05, 0) is 29.8 Å². The number of aromatic carboxylic acids is 1. The Kier molecular flexibility index (Phi) is 2.87. The summed E-state index contributed by atoms with van der Waals surface area (Å²) < 4.78 is 0. The average molecular weight is 268 g/mol. The van der Waals surface area contributed by atoms with Crippen LogP contribution in [0.4, 0.5) is 5.69 Å². The molecule has 1 aliphatic heterocycles. The van der Waals surface area contributed by atoms with E-state index in [0.29, 0.717) is 5.56 Å². The van der Waals surface area contributed by atoms with Crippen molar-refractivity contribution in [2.75, 3.05) is 5.32 Å². The van der Waals surface area contributed by atoms with E-state index in [2.05, 4.69) is 10.6 Å². The summed E-state index contributed by atoms with van der Waals surface area (Å²) in [5, 5.41) is 14.9. The molecule has 2 aromatic carbocycles. The third-order valence-electron chi connectivity index (χ3n) is 3.24. The standard InChI is InChI=1S/C15H12N2O3/c18-14-11-3-1-2-4-12(11)16-13(17-14)9-5-7-10(8-6-9)15(19)20/h1-8,13,16H,(H,17,18)(H,19,20). The van der Waals surface area contributed by atoms with Crippen molar-refractivity contribution in [3.05, 3.63) is 65.2 Å². The Morgan fingerprint density at radius 3 is 2.40 bits per heavy atom. The number of rotatable bonds is 2. The highest BCUT2D eigenvalue weighted by atomic mass is 16.4. The van der Waals surface area contributed by atoms with Crippen molar-refractivity contribution in [2.45, 2.75) is 6.17 Å². The predicted molar refractivity (Wildman–Crippen MR) is 73.7 cm³/mol. The van der Waals surface area contributed by atoms with Crippen LogP contribution < -0.4 is 10.6 Å². The van der Waals surface area contributed by atoms with Gasteiger partial charge in [0.25, 0.3) is 5.91 Å². The van der Waals surface area contributed by atoms with Gasteiger partial charge in [0, 0.05) is 5.69 Å². The predicted octanol–water partition coefficient (Wildman–Crippen LogP) is 2.24. The molecule has 3 N–H and O–H groups in total. The van der Waals surface area contributed by atoms with Crippen LogP contribution in [0, 0.1) is 0 Å². The number of carboxylic acids is 1. The van der Waals surface area contributed by atoms with Crippen LogP contribution in [0.25, 0.3) is 0 Å². The number of fused-ring (bicyclic) bond motifs is 1. The van der Waals surface area contributed by atoms with Crippen molar-refractivity contribution in [2.24, 2.45) is 0 Å². The molecule has 0 saturated carbocycles. The SMILES string of the molecule is O=C(O)c1ccc(C2NC(=O)c3ccccc3N2)cc1. The highest BCUT2D eigenvalue weighted by Crippen LogP contribution is 2.26. The van der Waals surface area contributed by atoms with E-state index in [1.807, 2.05) is 18.2 Å². The van der Waals surface area contributed by atoms with Crippen LogP contribution in [0.15, 0.2) is 48.5 Å². The molecule has 1 aliphatic rings. The zero-order chi connectivity index (χ0) is 14.1. The number of carbonyl (C=O) groups excluding carboxylic acids is 1. The van der Waals surface area contributed by atoms with Crippen LogP contribution in [0.5, 0.6) is 0 Å². The van der Waals surface area contributed by atoms with Gasteiger partial charge in [-0.15, -0.1) is 0 Å². The van der Waals surface area contributed by atoms with E-state index in [9.17, 15) is 9.59 Å². The molecule has 100 valence electrons. The van der Waals surface area contributed by atoms with Gasteiger partial charge in [0.15, 0.2) is 0 Å². The smallest absolute Gasteiger partial charge is 0.335 e. The van der Waals surface area contributed by atoms with Crippen molar-refractivity contribution in [1.29, 1.82) is 0 Å². The largest absolute Gasteiger partial charge is 0.478 e. The number of carboxylic acid groups (broad SMARTS) is 1. The zero-order valence-electron chi connectivity index (χ0n) is 10.5. The molecule has 0 fully saturated rings. The summed E-state index contributed by atoms with van der Waals surface area (Å²) in [4.78, 5) is 22.8. The molecule has 0 bridgehead atoms. The van der Waals surface area contributed by atoms with Gasteiger partial charge in [-0.1, -0.05) is 24.3 Å². The van der Waals surface area contributed by atoms with Crippen LogP contribution in [0.2, 0.25) is 0 Å². The van der Waals surface area contributed by atoms with E-state index in [4.69, 9.17) is 5.11 Å². The fourth-order valence-electron chi connectivity index (χ4n) is 2.19. The zero-order valence-corrected chi connectivity index (χ0v) is 10.5. The normalized spacial score (nSPS) is 16.8. The highest BCUT2D eigenvalue weighted by molar-refractivity contribution is 6.01. The summed E-state index contributed by atoms with van der Waals surface area (Å²) in [7, 11) is 0. The Morgan fingerprint density at radius 1 is 1.00 bits per heavy atom. The molecule has 0 saturated heterocycles. The number of benzene rings is 2. The first-order chi connectivity index (χ1) is 9.65.